The fourth-order valence-corrected chi connectivity index (χ4v) is 3.50. The van der Waals surface area contributed by atoms with Crippen LogP contribution in [0.3, 0.4) is 0 Å². The van der Waals surface area contributed by atoms with E-state index < -0.39 is 5.60 Å². The number of rotatable bonds is 3. The van der Waals surface area contributed by atoms with Gasteiger partial charge >= 0.3 is 6.09 Å². The van der Waals surface area contributed by atoms with Crippen LogP contribution in [0.15, 0.2) is 29.9 Å². The van der Waals surface area contributed by atoms with Crippen LogP contribution in [-0.2, 0) is 4.74 Å². The van der Waals surface area contributed by atoms with E-state index in [9.17, 15) is 4.79 Å². The number of amides is 1. The normalized spacial score (nSPS) is 15.9. The van der Waals surface area contributed by atoms with Crippen LogP contribution in [0.5, 0.6) is 0 Å². The summed E-state index contributed by atoms with van der Waals surface area (Å²) in [4.78, 5) is 24.1. The van der Waals surface area contributed by atoms with E-state index in [2.05, 4.69) is 26.3 Å². The first-order valence-electron chi connectivity index (χ1n) is 8.51. The summed E-state index contributed by atoms with van der Waals surface area (Å²) in [5.41, 5.74) is 0.484. The highest BCUT2D eigenvalue weighted by atomic mass is 32.1. The average Bonchev–Trinajstić information content (AvgIpc) is 3.08. The molecule has 0 unspecified atom stereocenters. The van der Waals surface area contributed by atoms with Gasteiger partial charge in [-0.05, 0) is 45.1 Å². The Kier molecular flexibility index (Phi) is 5.22. The second-order valence-corrected chi connectivity index (χ2v) is 8.09. The number of nitrogens with zero attached hydrogens (tertiary/aromatic N) is 3. The van der Waals surface area contributed by atoms with E-state index in [1.807, 2.05) is 38.3 Å². The number of ether oxygens (including phenoxy) is 1. The lowest BCUT2D eigenvalue weighted by Crippen LogP contribution is -2.46. The van der Waals surface area contributed by atoms with Gasteiger partial charge in [0, 0.05) is 25.2 Å². The molecule has 1 amide bonds. The van der Waals surface area contributed by atoms with Gasteiger partial charge in [-0.2, -0.15) is 0 Å². The summed E-state index contributed by atoms with van der Waals surface area (Å²) in [5, 5.41) is 5.01. The lowest BCUT2D eigenvalue weighted by Gasteiger charge is -2.33. The summed E-state index contributed by atoms with van der Waals surface area (Å²) in [6.45, 7) is 7.31. The van der Waals surface area contributed by atoms with Crippen LogP contribution in [-0.4, -0.2) is 40.8 Å². The molecule has 1 saturated heterocycles. The van der Waals surface area contributed by atoms with Gasteiger partial charge in [0.25, 0.3) is 0 Å². The minimum absolute atomic E-state index is 0.143. The smallest absolute Gasteiger partial charge is 0.407 e. The summed E-state index contributed by atoms with van der Waals surface area (Å²) in [6, 6.07) is 6.27. The predicted molar refractivity (Wildman–Crippen MR) is 99.9 cm³/mol. The fourth-order valence-electron chi connectivity index (χ4n) is 2.81. The van der Waals surface area contributed by atoms with Gasteiger partial charge in [-0.15, -0.1) is 11.3 Å². The molecule has 0 radical (unpaired) electrons. The molecule has 25 heavy (non-hydrogen) atoms. The molecule has 0 aliphatic carbocycles. The highest BCUT2D eigenvalue weighted by molar-refractivity contribution is 7.13. The van der Waals surface area contributed by atoms with Crippen LogP contribution >= 0.6 is 11.3 Å². The van der Waals surface area contributed by atoms with Crippen molar-refractivity contribution in [1.29, 1.82) is 0 Å². The molecule has 3 heterocycles. The Morgan fingerprint density at radius 2 is 2.08 bits per heavy atom. The van der Waals surface area contributed by atoms with Crippen molar-refractivity contribution in [1.82, 2.24) is 15.3 Å². The maximum Gasteiger partial charge on any atom is 0.407 e. The van der Waals surface area contributed by atoms with Crippen LogP contribution < -0.4 is 10.2 Å². The number of thiophene rings is 1. The molecule has 1 aliphatic heterocycles. The van der Waals surface area contributed by atoms with Crippen molar-refractivity contribution in [2.45, 2.75) is 45.3 Å². The number of piperidine rings is 1. The first kappa shape index (κ1) is 17.7. The molecular formula is C18H24N4O2S. The van der Waals surface area contributed by atoms with Crippen molar-refractivity contribution in [3.8, 4) is 10.6 Å². The molecule has 0 bridgehead atoms. The van der Waals surface area contributed by atoms with Crippen molar-refractivity contribution < 1.29 is 9.53 Å². The number of aromatic nitrogens is 2. The highest BCUT2D eigenvalue weighted by Gasteiger charge is 2.24. The van der Waals surface area contributed by atoms with Gasteiger partial charge in [-0.1, -0.05) is 6.07 Å². The number of hydrogen-bond donors (Lipinski definition) is 1. The Morgan fingerprint density at radius 3 is 2.72 bits per heavy atom. The zero-order chi connectivity index (χ0) is 17.9. The quantitative estimate of drug-likeness (QED) is 0.904. The number of alkyl carbamates (subject to hydrolysis) is 1. The largest absolute Gasteiger partial charge is 0.444 e. The number of hydrogen-bond acceptors (Lipinski definition) is 6. The summed E-state index contributed by atoms with van der Waals surface area (Å²) < 4.78 is 5.33. The lowest BCUT2D eigenvalue weighted by molar-refractivity contribution is 0.0497. The standard InChI is InChI=1S/C18H24N4O2S/c1-18(2,3)24-17(23)21-13-6-8-22(9-7-13)16-11-14(19-12-20-16)15-5-4-10-25-15/h4-5,10-13H,6-9H2,1-3H3,(H,21,23). The van der Waals surface area contributed by atoms with Crippen LogP contribution in [0.4, 0.5) is 10.6 Å². The van der Waals surface area contributed by atoms with Gasteiger partial charge in [0.05, 0.1) is 10.6 Å². The Bertz CT molecular complexity index is 704. The molecular weight excluding hydrogens is 336 g/mol. The molecule has 0 aromatic carbocycles. The van der Waals surface area contributed by atoms with Crippen molar-refractivity contribution in [3.05, 3.63) is 29.9 Å². The third kappa shape index (κ3) is 4.92. The maximum atomic E-state index is 11.9. The Hall–Kier alpha value is -2.15. The molecule has 0 spiro atoms. The van der Waals surface area contributed by atoms with Gasteiger partial charge in [0.1, 0.15) is 17.7 Å². The van der Waals surface area contributed by atoms with E-state index in [1.165, 1.54) is 0 Å². The average molecular weight is 360 g/mol. The van der Waals surface area contributed by atoms with Crippen molar-refractivity contribution in [2.75, 3.05) is 18.0 Å². The maximum absolute atomic E-state index is 11.9. The van der Waals surface area contributed by atoms with Crippen molar-refractivity contribution >= 4 is 23.2 Å². The van der Waals surface area contributed by atoms with Crippen LogP contribution in [0.1, 0.15) is 33.6 Å². The molecule has 0 saturated carbocycles. The summed E-state index contributed by atoms with van der Waals surface area (Å²) in [7, 11) is 0. The van der Waals surface area contributed by atoms with Crippen LogP contribution in [0.25, 0.3) is 10.6 Å². The van der Waals surface area contributed by atoms with Crippen LogP contribution in [0, 0.1) is 0 Å². The minimum Gasteiger partial charge on any atom is -0.444 e. The Labute approximate surface area is 152 Å². The first-order valence-corrected chi connectivity index (χ1v) is 9.39. The SMILES string of the molecule is CC(C)(C)OC(=O)NC1CCN(c2cc(-c3cccs3)ncn2)CC1. The van der Waals surface area contributed by atoms with Gasteiger partial charge in [-0.3, -0.25) is 0 Å². The Morgan fingerprint density at radius 1 is 1.32 bits per heavy atom. The van der Waals surface area contributed by atoms with E-state index in [0.717, 1.165) is 42.3 Å². The van der Waals surface area contributed by atoms with E-state index >= 15 is 0 Å². The molecule has 7 heteroatoms. The summed E-state index contributed by atoms with van der Waals surface area (Å²) in [5.74, 6) is 0.939. The zero-order valence-electron chi connectivity index (χ0n) is 14.9. The van der Waals surface area contributed by atoms with E-state index in [0.29, 0.717) is 0 Å². The molecule has 0 atom stereocenters. The van der Waals surface area contributed by atoms with Crippen LogP contribution in [0.2, 0.25) is 0 Å². The Balaban J connectivity index is 1.56. The van der Waals surface area contributed by atoms with E-state index in [4.69, 9.17) is 4.74 Å². The number of carbonyl (C=O) groups excluding carboxylic acids is 1. The molecule has 2 aromatic heterocycles. The number of nitrogens with one attached hydrogen (secondary N) is 1. The van der Waals surface area contributed by atoms with Crippen molar-refractivity contribution in [2.24, 2.45) is 0 Å². The number of anilines is 1. The first-order chi connectivity index (χ1) is 11.9. The summed E-state index contributed by atoms with van der Waals surface area (Å²) >= 11 is 1.67. The van der Waals surface area contributed by atoms with E-state index in [1.54, 1.807) is 17.7 Å². The van der Waals surface area contributed by atoms with Gasteiger partial charge < -0.3 is 15.0 Å². The van der Waals surface area contributed by atoms with Gasteiger partial charge in [0.15, 0.2) is 0 Å². The minimum atomic E-state index is -0.468. The second-order valence-electron chi connectivity index (χ2n) is 7.15. The molecule has 6 nitrogen and oxygen atoms in total. The monoisotopic (exact) mass is 360 g/mol. The molecule has 1 N–H and O–H groups in total. The molecule has 3 rings (SSSR count). The fraction of sp³-hybridized carbons (Fsp3) is 0.500. The summed E-state index contributed by atoms with van der Waals surface area (Å²) in [6.07, 6.45) is 3.03. The van der Waals surface area contributed by atoms with E-state index in [-0.39, 0.29) is 12.1 Å². The number of carbonyl (C=O) groups is 1. The van der Waals surface area contributed by atoms with Crippen molar-refractivity contribution in [3.63, 3.8) is 0 Å². The third-order valence-electron chi connectivity index (χ3n) is 3.97. The topological polar surface area (TPSA) is 67.3 Å². The van der Waals surface area contributed by atoms with Gasteiger partial charge in [-0.25, -0.2) is 14.8 Å². The zero-order valence-corrected chi connectivity index (χ0v) is 15.7. The third-order valence-corrected chi connectivity index (χ3v) is 4.86. The molecule has 1 fully saturated rings. The second kappa shape index (κ2) is 7.39. The lowest BCUT2D eigenvalue weighted by atomic mass is 10.1. The van der Waals surface area contributed by atoms with Gasteiger partial charge in [0.2, 0.25) is 0 Å². The highest BCUT2D eigenvalue weighted by Crippen LogP contribution is 2.26. The predicted octanol–water partition coefficient (Wildman–Crippen LogP) is 3.70. The molecule has 1 aliphatic rings. The molecule has 2 aromatic rings. The molecule has 134 valence electrons.